The van der Waals surface area contributed by atoms with E-state index in [1.807, 2.05) is 12.1 Å². The van der Waals surface area contributed by atoms with Gasteiger partial charge in [-0.2, -0.15) is 0 Å². The van der Waals surface area contributed by atoms with Crippen molar-refractivity contribution in [1.29, 1.82) is 0 Å². The molecule has 0 unspecified atom stereocenters. The highest BCUT2D eigenvalue weighted by molar-refractivity contribution is 5.99. The molecule has 0 saturated heterocycles. The van der Waals surface area contributed by atoms with Crippen LogP contribution in [0.5, 0.6) is 0 Å². The molecule has 1 aromatic carbocycles. The van der Waals surface area contributed by atoms with E-state index < -0.39 is 5.03 Å². The molecule has 0 radical (unpaired) electrons. The van der Waals surface area contributed by atoms with E-state index in [2.05, 4.69) is 15.4 Å². The molecule has 7 heteroatoms. The molecule has 2 heterocycles. The lowest BCUT2D eigenvalue weighted by molar-refractivity contribution is -0.495. The zero-order valence-electron chi connectivity index (χ0n) is 10.4. The second-order valence-electron chi connectivity index (χ2n) is 4.20. The molecule has 1 aromatic heterocycles. The van der Waals surface area contributed by atoms with Crippen LogP contribution < -0.4 is 10.4 Å². The normalized spacial score (nSPS) is 13.8. The molecule has 2 aromatic rings. The van der Waals surface area contributed by atoms with Gasteiger partial charge >= 0.3 is 0 Å². The largest absolute Gasteiger partial charge is 0.343 e. The van der Waals surface area contributed by atoms with Crippen molar-refractivity contribution in [3.63, 3.8) is 0 Å². The average Bonchev–Trinajstić information content (AvgIpc) is 2.68. The molecule has 0 spiro atoms. The Morgan fingerprint density at radius 1 is 1.25 bits per heavy atom. The summed E-state index contributed by atoms with van der Waals surface area (Å²) in [6, 6.07) is 10.7. The van der Waals surface area contributed by atoms with E-state index in [1.54, 1.807) is 36.7 Å². The van der Waals surface area contributed by atoms with E-state index in [0.717, 1.165) is 10.7 Å². The van der Waals surface area contributed by atoms with Gasteiger partial charge in [-0.25, -0.2) is 0 Å². The number of fused-ring (bicyclic) bond motifs is 1. The number of nitro groups is 1. The second kappa shape index (κ2) is 4.96. The topological polar surface area (TPSA) is 83.7 Å². The highest BCUT2D eigenvalue weighted by Gasteiger charge is 2.26. The first kappa shape index (κ1) is 12.1. The van der Waals surface area contributed by atoms with Gasteiger partial charge in [-0.05, 0) is 18.2 Å². The highest BCUT2D eigenvalue weighted by Crippen LogP contribution is 2.23. The van der Waals surface area contributed by atoms with Gasteiger partial charge in [0.2, 0.25) is 0 Å². The summed E-state index contributed by atoms with van der Waals surface area (Å²) in [7, 11) is 0. The Kier molecular flexibility index (Phi) is 3.00. The van der Waals surface area contributed by atoms with Crippen LogP contribution in [-0.4, -0.2) is 15.9 Å². The van der Waals surface area contributed by atoms with Crippen molar-refractivity contribution in [1.82, 2.24) is 10.3 Å². The molecular weight excluding hydrogens is 258 g/mol. The van der Waals surface area contributed by atoms with E-state index in [0.29, 0.717) is 23.6 Å². The molecule has 7 nitrogen and oxygen atoms in total. The minimum absolute atomic E-state index is 0.422. The van der Waals surface area contributed by atoms with Gasteiger partial charge in [0.1, 0.15) is 5.69 Å². The number of pyridine rings is 1. The van der Waals surface area contributed by atoms with Gasteiger partial charge in [0.05, 0.1) is 15.7 Å². The zero-order chi connectivity index (χ0) is 13.9. The van der Waals surface area contributed by atoms with Crippen LogP contribution in [0.15, 0.2) is 53.9 Å². The maximum absolute atomic E-state index is 11.2. The fourth-order valence-electron chi connectivity index (χ4n) is 2.01. The highest BCUT2D eigenvalue weighted by atomic mass is 16.7. The molecule has 0 saturated carbocycles. The van der Waals surface area contributed by atoms with E-state index in [-0.39, 0.29) is 0 Å². The van der Waals surface area contributed by atoms with Gasteiger partial charge in [0, 0.05) is 29.6 Å². The number of nitrogens with one attached hydrogen (secondary N) is 1. The number of aromatic nitrogens is 1. The third-order valence-corrected chi connectivity index (χ3v) is 2.94. The van der Waals surface area contributed by atoms with Crippen LogP contribution >= 0.6 is 0 Å². The van der Waals surface area contributed by atoms with Crippen LogP contribution in [-0.2, 0) is 6.54 Å². The Hall–Kier alpha value is -2.96. The molecule has 20 heavy (non-hydrogen) atoms. The van der Waals surface area contributed by atoms with Crippen molar-refractivity contribution in [2.75, 3.05) is 5.12 Å². The molecule has 1 aliphatic heterocycles. The Balaban J connectivity index is 2.07. The summed E-state index contributed by atoms with van der Waals surface area (Å²) >= 11 is 0. The lowest BCUT2D eigenvalue weighted by Crippen LogP contribution is -2.28. The van der Waals surface area contributed by atoms with Crippen molar-refractivity contribution in [3.05, 3.63) is 70.0 Å². The number of benzene rings is 1. The predicted molar refractivity (Wildman–Crippen MR) is 73.5 cm³/mol. The van der Waals surface area contributed by atoms with E-state index in [9.17, 15) is 10.1 Å². The van der Waals surface area contributed by atoms with Crippen LogP contribution in [0.1, 0.15) is 11.1 Å². The quantitative estimate of drug-likeness (QED) is 0.660. The van der Waals surface area contributed by atoms with Crippen LogP contribution in [0.2, 0.25) is 0 Å². The van der Waals surface area contributed by atoms with Crippen molar-refractivity contribution < 1.29 is 5.03 Å². The van der Waals surface area contributed by atoms with Crippen molar-refractivity contribution in [2.24, 2.45) is 5.10 Å². The smallest absolute Gasteiger partial charge is 0.276 e. The summed E-state index contributed by atoms with van der Waals surface area (Å²) in [4.78, 5) is 15.2. The van der Waals surface area contributed by atoms with E-state index in [4.69, 9.17) is 0 Å². The minimum atomic E-state index is -0.539. The molecule has 0 atom stereocenters. The summed E-state index contributed by atoms with van der Waals surface area (Å²) in [5.41, 5.74) is 1.97. The first-order chi connectivity index (χ1) is 9.75. The predicted octanol–water partition coefficient (Wildman–Crippen LogP) is 1.54. The van der Waals surface area contributed by atoms with Gasteiger partial charge in [-0.15, -0.1) is 0 Å². The van der Waals surface area contributed by atoms with Crippen LogP contribution in [0, 0.1) is 10.1 Å². The number of hydrazone groups is 1. The third-order valence-electron chi connectivity index (χ3n) is 2.94. The number of hydrogen-bond donors (Lipinski definition) is 1. The summed E-state index contributed by atoms with van der Waals surface area (Å²) in [6.45, 7) is 0.467. The number of hydrazine groups is 1. The van der Waals surface area contributed by atoms with Crippen molar-refractivity contribution in [2.45, 2.75) is 6.54 Å². The van der Waals surface area contributed by atoms with Gasteiger partial charge in [0.15, 0.2) is 0 Å². The number of rotatable bonds is 2. The Labute approximate surface area is 114 Å². The maximum atomic E-state index is 11.2. The molecular formula is C13H11N5O2. The fraction of sp³-hybridized carbons (Fsp3) is 0.0769. The molecule has 100 valence electrons. The van der Waals surface area contributed by atoms with Crippen LogP contribution in [0.4, 0.5) is 5.69 Å². The Morgan fingerprint density at radius 2 is 2.10 bits per heavy atom. The molecule has 3 rings (SSSR count). The molecule has 0 fully saturated rings. The lowest BCUT2D eigenvalue weighted by Gasteiger charge is -2.09. The van der Waals surface area contributed by atoms with Crippen molar-refractivity contribution in [3.8, 4) is 0 Å². The van der Waals surface area contributed by atoms with Gasteiger partial charge in [-0.3, -0.25) is 4.98 Å². The van der Waals surface area contributed by atoms with Gasteiger partial charge in [-0.1, -0.05) is 18.2 Å². The van der Waals surface area contributed by atoms with E-state index in [1.165, 1.54) is 0 Å². The number of anilines is 1. The Bertz CT molecular complexity index is 671. The first-order valence-electron chi connectivity index (χ1n) is 6.01. The summed E-state index contributed by atoms with van der Waals surface area (Å²) < 4.78 is 0. The third kappa shape index (κ3) is 2.16. The molecule has 1 aliphatic rings. The van der Waals surface area contributed by atoms with Gasteiger partial charge in [0.25, 0.3) is 5.84 Å². The number of hydrogen-bond acceptors (Lipinski definition) is 5. The minimum Gasteiger partial charge on any atom is -0.343 e. The molecule has 0 amide bonds. The second-order valence-corrected chi connectivity index (χ2v) is 4.20. The van der Waals surface area contributed by atoms with Crippen LogP contribution in [0.25, 0.3) is 0 Å². The maximum Gasteiger partial charge on any atom is 0.276 e. The Morgan fingerprint density at radius 3 is 2.85 bits per heavy atom. The monoisotopic (exact) mass is 269 g/mol. The SMILES string of the molecule is O=[N+]([O-])N1N=C(c2cccnc2)NCc2ccccc21. The van der Waals surface area contributed by atoms with Crippen LogP contribution in [0.3, 0.4) is 0 Å². The number of para-hydroxylation sites is 1. The standard InChI is InChI=1S/C13H11N5O2/c19-18(20)17-12-6-2-1-4-10(12)9-15-13(16-17)11-5-3-7-14-8-11/h1-8H,9H2,(H,15,16). The van der Waals surface area contributed by atoms with E-state index >= 15 is 0 Å². The lowest BCUT2D eigenvalue weighted by atomic mass is 10.2. The average molecular weight is 269 g/mol. The number of nitrogens with zero attached hydrogens (tertiary/aromatic N) is 4. The number of amidine groups is 1. The molecule has 0 bridgehead atoms. The first-order valence-corrected chi connectivity index (χ1v) is 6.01. The fourth-order valence-corrected chi connectivity index (χ4v) is 2.01. The summed E-state index contributed by atoms with van der Waals surface area (Å²) in [5, 5.41) is 18.7. The zero-order valence-corrected chi connectivity index (χ0v) is 10.4. The van der Waals surface area contributed by atoms with Crippen molar-refractivity contribution >= 4 is 11.5 Å². The summed E-state index contributed by atoms with van der Waals surface area (Å²) in [5.74, 6) is 0.422. The molecule has 0 aliphatic carbocycles. The van der Waals surface area contributed by atoms with Gasteiger partial charge < -0.3 is 15.4 Å². The summed E-state index contributed by atoms with van der Waals surface area (Å²) in [6.07, 6.45) is 3.25. The molecule has 1 N–H and O–H groups in total.